The van der Waals surface area contributed by atoms with Crippen LogP contribution in [0, 0.1) is 0 Å². The zero-order chi connectivity index (χ0) is 15.2. The summed E-state index contributed by atoms with van der Waals surface area (Å²) < 4.78 is 5.45. The quantitative estimate of drug-likeness (QED) is 0.755. The van der Waals surface area contributed by atoms with Gasteiger partial charge in [-0.1, -0.05) is 19.1 Å². The van der Waals surface area contributed by atoms with Gasteiger partial charge in [-0.15, -0.1) is 0 Å². The Bertz CT molecular complexity index is 461. The molecule has 1 aliphatic carbocycles. The molecule has 3 atom stereocenters. The van der Waals surface area contributed by atoms with Gasteiger partial charge in [-0.05, 0) is 37.3 Å². The van der Waals surface area contributed by atoms with Crippen LogP contribution in [0.15, 0.2) is 18.2 Å². The van der Waals surface area contributed by atoms with Crippen LogP contribution in [0.25, 0.3) is 0 Å². The molecule has 0 spiro atoms. The Morgan fingerprint density at radius 3 is 2.95 bits per heavy atom. The number of aryl methyl sites for hydroxylation is 1. The summed E-state index contributed by atoms with van der Waals surface area (Å²) in [5, 5.41) is 12.7. The van der Waals surface area contributed by atoms with Gasteiger partial charge in [0.25, 0.3) is 0 Å². The van der Waals surface area contributed by atoms with Crippen LogP contribution in [-0.2, 0) is 11.2 Å². The van der Waals surface area contributed by atoms with Crippen LogP contribution in [0.4, 0.5) is 0 Å². The van der Waals surface area contributed by atoms with Crippen molar-refractivity contribution in [2.75, 3.05) is 13.7 Å². The summed E-state index contributed by atoms with van der Waals surface area (Å²) in [7, 11) is 1.65. The van der Waals surface area contributed by atoms with E-state index in [1.165, 1.54) is 5.56 Å². The van der Waals surface area contributed by atoms with E-state index in [1.54, 1.807) is 7.11 Å². The molecule has 1 aromatic carbocycles. The van der Waals surface area contributed by atoms with Crippen molar-refractivity contribution < 1.29 is 14.6 Å². The smallest absolute Gasteiger partial charge is 0.129 e. The summed E-state index contributed by atoms with van der Waals surface area (Å²) in [6, 6.07) is 6.34. The molecular formula is C17H25NO3. The van der Waals surface area contributed by atoms with E-state index < -0.39 is 0 Å². The van der Waals surface area contributed by atoms with Crippen LogP contribution in [0.5, 0.6) is 5.75 Å². The van der Waals surface area contributed by atoms with Crippen molar-refractivity contribution in [1.29, 1.82) is 0 Å². The molecule has 0 aromatic heterocycles. The topological polar surface area (TPSA) is 58.6 Å². The highest BCUT2D eigenvalue weighted by Gasteiger charge is 2.32. The first-order valence-corrected chi connectivity index (χ1v) is 7.73. The first kappa shape index (κ1) is 16.0. The van der Waals surface area contributed by atoms with Crippen LogP contribution in [-0.4, -0.2) is 37.2 Å². The number of hydrogen-bond donors (Lipinski definition) is 2. The third-order valence-corrected chi connectivity index (χ3v) is 4.43. The number of carbonyl (C=O) groups is 1. The normalized spacial score (nSPS) is 22.4. The van der Waals surface area contributed by atoms with Crippen molar-refractivity contribution in [3.05, 3.63) is 29.3 Å². The molecule has 2 rings (SSSR count). The summed E-state index contributed by atoms with van der Waals surface area (Å²) in [4.78, 5) is 11.7. The largest absolute Gasteiger partial charge is 0.496 e. The van der Waals surface area contributed by atoms with E-state index in [9.17, 15) is 4.79 Å². The zero-order valence-corrected chi connectivity index (χ0v) is 12.8. The zero-order valence-electron chi connectivity index (χ0n) is 12.8. The molecule has 116 valence electrons. The van der Waals surface area contributed by atoms with Crippen LogP contribution >= 0.6 is 0 Å². The lowest BCUT2D eigenvalue weighted by Gasteiger charge is -2.34. The molecule has 3 unspecified atom stereocenters. The van der Waals surface area contributed by atoms with Gasteiger partial charge in [0.1, 0.15) is 12.0 Å². The molecule has 0 bridgehead atoms. The number of hydrogen-bond acceptors (Lipinski definition) is 4. The molecular weight excluding hydrogens is 266 g/mol. The molecule has 0 amide bonds. The van der Waals surface area contributed by atoms with Gasteiger partial charge in [-0.25, -0.2) is 0 Å². The van der Waals surface area contributed by atoms with Gasteiger partial charge < -0.3 is 20.0 Å². The predicted octanol–water partition coefficient (Wildman–Crippen LogP) is 2.04. The van der Waals surface area contributed by atoms with Crippen molar-refractivity contribution in [3.63, 3.8) is 0 Å². The monoisotopic (exact) mass is 291 g/mol. The van der Waals surface area contributed by atoms with E-state index >= 15 is 0 Å². The Morgan fingerprint density at radius 1 is 1.52 bits per heavy atom. The fourth-order valence-corrected chi connectivity index (χ4v) is 3.27. The lowest BCUT2D eigenvalue weighted by molar-refractivity contribution is -0.109. The third kappa shape index (κ3) is 3.44. The highest BCUT2D eigenvalue weighted by Crippen LogP contribution is 2.37. The number of fused-ring (bicyclic) bond motifs is 1. The molecule has 21 heavy (non-hydrogen) atoms. The Balaban J connectivity index is 2.24. The molecule has 0 radical (unpaired) electrons. The maximum atomic E-state index is 11.7. The van der Waals surface area contributed by atoms with Crippen molar-refractivity contribution in [2.24, 2.45) is 0 Å². The maximum absolute atomic E-state index is 11.7. The number of benzene rings is 1. The van der Waals surface area contributed by atoms with Crippen LogP contribution in [0.1, 0.15) is 43.2 Å². The number of nitrogens with one attached hydrogen (secondary N) is 1. The molecule has 0 saturated heterocycles. The summed E-state index contributed by atoms with van der Waals surface area (Å²) in [5.74, 6) is 0.615. The minimum absolute atomic E-state index is 0.114. The SMILES string of the molecule is CCC(CCO)NC1CCc2cccc(OC)c2C1C=O. The van der Waals surface area contributed by atoms with Crippen molar-refractivity contribution >= 4 is 6.29 Å². The number of carbonyl (C=O) groups excluding carboxylic acids is 1. The molecule has 1 aliphatic rings. The first-order chi connectivity index (χ1) is 10.2. The Kier molecular flexibility index (Phi) is 5.76. The molecule has 0 fully saturated rings. The van der Waals surface area contributed by atoms with E-state index in [4.69, 9.17) is 9.84 Å². The summed E-state index contributed by atoms with van der Waals surface area (Å²) >= 11 is 0. The lowest BCUT2D eigenvalue weighted by atomic mass is 9.79. The number of rotatable bonds is 7. The van der Waals surface area contributed by atoms with E-state index in [2.05, 4.69) is 18.3 Å². The van der Waals surface area contributed by atoms with Gasteiger partial charge in [-0.3, -0.25) is 0 Å². The van der Waals surface area contributed by atoms with Gasteiger partial charge in [0.05, 0.1) is 13.0 Å². The average molecular weight is 291 g/mol. The molecule has 0 aliphatic heterocycles. The molecule has 4 nitrogen and oxygen atoms in total. The Hall–Kier alpha value is -1.39. The number of ether oxygens (including phenoxy) is 1. The van der Waals surface area contributed by atoms with Crippen molar-refractivity contribution in [2.45, 2.75) is 50.6 Å². The summed E-state index contributed by atoms with van der Waals surface area (Å²) in [6.45, 7) is 2.27. The van der Waals surface area contributed by atoms with Crippen molar-refractivity contribution in [1.82, 2.24) is 5.32 Å². The van der Waals surface area contributed by atoms with E-state index in [0.29, 0.717) is 0 Å². The second-order valence-electron chi connectivity index (χ2n) is 5.62. The molecule has 4 heteroatoms. The van der Waals surface area contributed by atoms with E-state index in [1.807, 2.05) is 12.1 Å². The first-order valence-electron chi connectivity index (χ1n) is 7.73. The minimum atomic E-state index is -0.183. The Labute approximate surface area is 126 Å². The summed E-state index contributed by atoms with van der Waals surface area (Å²) in [6.07, 6.45) is 4.58. The number of aliphatic hydroxyl groups is 1. The minimum Gasteiger partial charge on any atom is -0.496 e. The fraction of sp³-hybridized carbons (Fsp3) is 0.588. The highest BCUT2D eigenvalue weighted by molar-refractivity contribution is 5.68. The molecule has 0 heterocycles. The molecule has 1 aromatic rings. The highest BCUT2D eigenvalue weighted by atomic mass is 16.5. The van der Waals surface area contributed by atoms with Gasteiger partial charge in [-0.2, -0.15) is 0 Å². The van der Waals surface area contributed by atoms with Gasteiger partial charge >= 0.3 is 0 Å². The van der Waals surface area contributed by atoms with Gasteiger partial charge in [0.15, 0.2) is 0 Å². The van der Waals surface area contributed by atoms with Crippen LogP contribution in [0.3, 0.4) is 0 Å². The number of aldehydes is 1. The molecule has 2 N–H and O–H groups in total. The molecule has 0 saturated carbocycles. The second-order valence-corrected chi connectivity index (χ2v) is 5.62. The average Bonchev–Trinajstić information content (AvgIpc) is 2.53. The van der Waals surface area contributed by atoms with Gasteiger partial charge in [0.2, 0.25) is 0 Å². The van der Waals surface area contributed by atoms with E-state index in [0.717, 1.165) is 43.3 Å². The van der Waals surface area contributed by atoms with Crippen molar-refractivity contribution in [3.8, 4) is 5.75 Å². The predicted molar refractivity (Wildman–Crippen MR) is 82.8 cm³/mol. The standard InChI is InChI=1S/C17H25NO3/c1-3-13(9-10-19)18-15-8-7-12-5-4-6-16(21-2)17(12)14(15)11-20/h4-6,11,13-15,18-19H,3,7-10H2,1-2H3. The van der Waals surface area contributed by atoms with Crippen LogP contribution < -0.4 is 10.1 Å². The second kappa shape index (κ2) is 7.57. The lowest BCUT2D eigenvalue weighted by Crippen LogP contribution is -2.45. The van der Waals surface area contributed by atoms with Gasteiger partial charge in [0, 0.05) is 24.3 Å². The van der Waals surface area contributed by atoms with E-state index in [-0.39, 0.29) is 24.6 Å². The number of methoxy groups -OCH3 is 1. The van der Waals surface area contributed by atoms with Crippen LogP contribution in [0.2, 0.25) is 0 Å². The summed E-state index contributed by atoms with van der Waals surface area (Å²) in [5.41, 5.74) is 2.23. The number of aliphatic hydroxyl groups excluding tert-OH is 1. The Morgan fingerprint density at radius 2 is 2.33 bits per heavy atom. The maximum Gasteiger partial charge on any atom is 0.129 e. The fourth-order valence-electron chi connectivity index (χ4n) is 3.27. The third-order valence-electron chi connectivity index (χ3n) is 4.43.